The van der Waals surface area contributed by atoms with E-state index in [9.17, 15) is 9.90 Å². The van der Waals surface area contributed by atoms with Gasteiger partial charge < -0.3 is 10.2 Å². The van der Waals surface area contributed by atoms with Gasteiger partial charge in [0.15, 0.2) is 0 Å². The average Bonchev–Trinajstić information content (AvgIpc) is 2.15. The summed E-state index contributed by atoms with van der Waals surface area (Å²) in [6, 6.07) is 3.15. The second-order valence-corrected chi connectivity index (χ2v) is 4.61. The van der Waals surface area contributed by atoms with E-state index in [2.05, 4.69) is 0 Å². The van der Waals surface area contributed by atoms with Crippen LogP contribution in [-0.2, 0) is 0 Å². The van der Waals surface area contributed by atoms with Crippen molar-refractivity contribution in [2.75, 3.05) is 0 Å². The van der Waals surface area contributed by atoms with E-state index in [4.69, 9.17) is 5.11 Å². The second-order valence-electron chi connectivity index (χ2n) is 4.61. The van der Waals surface area contributed by atoms with Gasteiger partial charge in [-0.15, -0.1) is 0 Å². The smallest absolute Gasteiger partial charge is 0.335 e. The highest BCUT2D eigenvalue weighted by Gasteiger charge is 2.17. The quantitative estimate of drug-likeness (QED) is 0.824. The Morgan fingerprint density at radius 3 is 1.94 bits per heavy atom. The number of phenols is 1. The zero-order valence-corrected chi connectivity index (χ0v) is 10.1. The molecular weight excluding hydrogens is 204 g/mol. The number of benzene rings is 1. The van der Waals surface area contributed by atoms with Crippen molar-refractivity contribution in [1.29, 1.82) is 0 Å². The van der Waals surface area contributed by atoms with Gasteiger partial charge in [-0.3, -0.25) is 0 Å². The summed E-state index contributed by atoms with van der Waals surface area (Å²) in [6.07, 6.45) is 0. The second kappa shape index (κ2) is 4.56. The summed E-state index contributed by atoms with van der Waals surface area (Å²) in [5.74, 6) is -0.563. The Morgan fingerprint density at radius 1 is 1.06 bits per heavy atom. The van der Waals surface area contributed by atoms with Crippen LogP contribution in [0.25, 0.3) is 0 Å². The fourth-order valence-corrected chi connectivity index (χ4v) is 1.75. The molecule has 0 aliphatic rings. The molecule has 0 spiro atoms. The molecule has 0 fully saturated rings. The largest absolute Gasteiger partial charge is 0.508 e. The Balaban J connectivity index is 3.43. The average molecular weight is 222 g/mol. The maximum absolute atomic E-state index is 11.1. The van der Waals surface area contributed by atoms with Gasteiger partial charge in [0, 0.05) is 0 Å². The number of hydrogen-bond acceptors (Lipinski definition) is 2. The Labute approximate surface area is 95.7 Å². The first-order valence-corrected chi connectivity index (χ1v) is 5.44. The van der Waals surface area contributed by atoms with Gasteiger partial charge in [0.05, 0.1) is 5.56 Å². The molecule has 0 atom stereocenters. The number of rotatable bonds is 3. The van der Waals surface area contributed by atoms with Crippen molar-refractivity contribution in [3.05, 3.63) is 28.8 Å². The van der Waals surface area contributed by atoms with Crippen LogP contribution in [-0.4, -0.2) is 16.2 Å². The lowest BCUT2D eigenvalue weighted by molar-refractivity contribution is 0.0695. The normalized spacial score (nSPS) is 11.1. The molecule has 3 nitrogen and oxygen atoms in total. The number of carbonyl (C=O) groups is 1. The minimum absolute atomic E-state index is 0.0817. The summed E-state index contributed by atoms with van der Waals surface area (Å²) in [6.45, 7) is 7.68. The summed E-state index contributed by atoms with van der Waals surface area (Å²) in [5.41, 5.74) is 1.65. The van der Waals surface area contributed by atoms with Crippen molar-refractivity contribution in [2.45, 2.75) is 39.5 Å². The lowest BCUT2D eigenvalue weighted by Crippen LogP contribution is -2.06. The number of aromatic hydroxyl groups is 1. The van der Waals surface area contributed by atoms with Crippen molar-refractivity contribution in [2.24, 2.45) is 0 Å². The predicted molar refractivity (Wildman–Crippen MR) is 63.2 cm³/mol. The minimum Gasteiger partial charge on any atom is -0.508 e. The van der Waals surface area contributed by atoms with Crippen LogP contribution in [0.5, 0.6) is 5.75 Å². The van der Waals surface area contributed by atoms with Crippen molar-refractivity contribution in [1.82, 2.24) is 0 Å². The number of carboxylic acids is 1. The molecule has 0 aliphatic heterocycles. The molecular formula is C13H18O3. The number of hydrogen-bond donors (Lipinski definition) is 2. The summed E-state index contributed by atoms with van der Waals surface area (Å²) in [5, 5.41) is 19.0. The summed E-state index contributed by atoms with van der Waals surface area (Å²) >= 11 is 0. The van der Waals surface area contributed by atoms with Gasteiger partial charge in [0.1, 0.15) is 5.75 Å². The SMILES string of the molecule is CC(C)c1cc(C(=O)O)c(C(C)C)cc1O. The molecule has 1 aromatic carbocycles. The summed E-state index contributed by atoms with van der Waals surface area (Å²) in [7, 11) is 0. The van der Waals surface area contributed by atoms with Gasteiger partial charge in [-0.2, -0.15) is 0 Å². The molecule has 2 N–H and O–H groups in total. The first kappa shape index (κ1) is 12.6. The molecule has 3 heteroatoms. The molecule has 0 aliphatic carbocycles. The Kier molecular flexibility index (Phi) is 3.58. The third-order valence-corrected chi connectivity index (χ3v) is 2.67. The van der Waals surface area contributed by atoms with Crippen LogP contribution in [0.15, 0.2) is 12.1 Å². The van der Waals surface area contributed by atoms with Crippen molar-refractivity contribution < 1.29 is 15.0 Å². The molecule has 0 radical (unpaired) electrons. The van der Waals surface area contributed by atoms with Crippen LogP contribution in [0.2, 0.25) is 0 Å². The highest BCUT2D eigenvalue weighted by molar-refractivity contribution is 5.90. The number of aromatic carboxylic acids is 1. The molecule has 1 aromatic rings. The molecule has 1 rings (SSSR count). The molecule has 88 valence electrons. The van der Waals surface area contributed by atoms with Crippen LogP contribution in [0.1, 0.15) is 61.0 Å². The van der Waals surface area contributed by atoms with E-state index in [0.29, 0.717) is 11.1 Å². The monoisotopic (exact) mass is 222 g/mol. The minimum atomic E-state index is -0.939. The molecule has 16 heavy (non-hydrogen) atoms. The zero-order chi connectivity index (χ0) is 12.5. The fourth-order valence-electron chi connectivity index (χ4n) is 1.75. The molecule has 0 aromatic heterocycles. The van der Waals surface area contributed by atoms with E-state index < -0.39 is 5.97 Å². The van der Waals surface area contributed by atoms with Crippen molar-refractivity contribution in [3.63, 3.8) is 0 Å². The molecule has 0 unspecified atom stereocenters. The van der Waals surface area contributed by atoms with Crippen LogP contribution >= 0.6 is 0 Å². The van der Waals surface area contributed by atoms with E-state index >= 15 is 0 Å². The van der Waals surface area contributed by atoms with Gasteiger partial charge >= 0.3 is 5.97 Å². The van der Waals surface area contributed by atoms with Crippen LogP contribution in [0, 0.1) is 0 Å². The lowest BCUT2D eigenvalue weighted by atomic mass is 9.91. The summed E-state index contributed by atoms with van der Waals surface area (Å²) in [4.78, 5) is 11.1. The topological polar surface area (TPSA) is 57.5 Å². The maximum atomic E-state index is 11.1. The van der Waals surface area contributed by atoms with Gasteiger partial charge in [0.2, 0.25) is 0 Å². The lowest BCUT2D eigenvalue weighted by Gasteiger charge is -2.15. The third-order valence-electron chi connectivity index (χ3n) is 2.67. The van der Waals surface area contributed by atoms with Gasteiger partial charge in [-0.25, -0.2) is 4.79 Å². The van der Waals surface area contributed by atoms with Gasteiger partial charge in [-0.05, 0) is 35.1 Å². The molecule has 0 saturated heterocycles. The Bertz CT molecular complexity index is 406. The van der Waals surface area contributed by atoms with E-state index in [1.54, 1.807) is 12.1 Å². The first-order chi connectivity index (χ1) is 7.34. The zero-order valence-electron chi connectivity index (χ0n) is 10.1. The van der Waals surface area contributed by atoms with Crippen LogP contribution in [0.4, 0.5) is 0 Å². The summed E-state index contributed by atoms with van der Waals surface area (Å²) < 4.78 is 0. The van der Waals surface area contributed by atoms with Crippen LogP contribution in [0.3, 0.4) is 0 Å². The predicted octanol–water partition coefficient (Wildman–Crippen LogP) is 3.34. The number of phenolic OH excluding ortho intramolecular Hbond substituents is 1. The van der Waals surface area contributed by atoms with Gasteiger partial charge in [-0.1, -0.05) is 27.7 Å². The van der Waals surface area contributed by atoms with Crippen molar-refractivity contribution >= 4 is 5.97 Å². The van der Waals surface area contributed by atoms with Gasteiger partial charge in [0.25, 0.3) is 0 Å². The van der Waals surface area contributed by atoms with E-state index in [1.165, 1.54) is 0 Å². The number of carboxylic acid groups (broad SMARTS) is 1. The van der Waals surface area contributed by atoms with E-state index in [0.717, 1.165) is 0 Å². The molecule has 0 heterocycles. The Morgan fingerprint density at radius 2 is 1.56 bits per heavy atom. The standard InChI is InChI=1S/C13H18O3/c1-7(2)9-6-12(14)10(8(3)4)5-11(9)13(15)16/h5-8,14H,1-4H3,(H,15,16). The highest BCUT2D eigenvalue weighted by Crippen LogP contribution is 2.32. The molecule has 0 saturated carbocycles. The van der Waals surface area contributed by atoms with Crippen LogP contribution < -0.4 is 0 Å². The maximum Gasteiger partial charge on any atom is 0.335 e. The Hall–Kier alpha value is -1.51. The molecule has 0 bridgehead atoms. The van der Waals surface area contributed by atoms with E-state index in [1.807, 2.05) is 27.7 Å². The third kappa shape index (κ3) is 2.35. The van der Waals surface area contributed by atoms with E-state index in [-0.39, 0.29) is 23.1 Å². The first-order valence-electron chi connectivity index (χ1n) is 5.44. The molecule has 0 amide bonds. The fraction of sp³-hybridized carbons (Fsp3) is 0.462. The van der Waals surface area contributed by atoms with Crippen molar-refractivity contribution in [3.8, 4) is 5.75 Å². The highest BCUT2D eigenvalue weighted by atomic mass is 16.4.